The molecule has 200 valence electrons. The second-order valence-corrected chi connectivity index (χ2v) is 11.3. The molecule has 0 amide bonds. The van der Waals surface area contributed by atoms with E-state index in [-0.39, 0.29) is 12.0 Å². The van der Waals surface area contributed by atoms with Gasteiger partial charge in [-0.25, -0.2) is 9.97 Å². The number of nitrogen functional groups attached to an aromatic ring is 1. The average Bonchev–Trinajstić information content (AvgIpc) is 3.26. The number of halogens is 2. The standard InChI is InChI=1S/C27H36Cl2N6O2/c1-17(2)13-23(26(36)37-27(3,4)5)31-11-12-35-16-18(14-33-35)24-15-32-25(30)22(34-24)10-9-19-20(28)7-6-8-21(19)29/h6-8,14-17,23,31H,9-13H2,1-5H3,(H2,30,32)/t23-/m0/s1. The van der Waals surface area contributed by atoms with E-state index in [4.69, 9.17) is 38.7 Å². The van der Waals surface area contributed by atoms with E-state index in [1.807, 2.05) is 49.8 Å². The minimum absolute atomic E-state index is 0.231. The molecule has 0 aliphatic carbocycles. The first-order chi connectivity index (χ1) is 17.4. The summed E-state index contributed by atoms with van der Waals surface area (Å²) in [6.07, 6.45) is 7.14. The second kappa shape index (κ2) is 12.7. The first kappa shape index (κ1) is 28.9. The third-order valence-corrected chi connectivity index (χ3v) is 6.32. The molecule has 2 heterocycles. The Labute approximate surface area is 228 Å². The summed E-state index contributed by atoms with van der Waals surface area (Å²) >= 11 is 12.6. The molecule has 0 spiro atoms. The molecule has 3 rings (SSSR count). The zero-order valence-corrected chi connectivity index (χ0v) is 23.6. The molecule has 0 aliphatic rings. The third-order valence-electron chi connectivity index (χ3n) is 5.61. The van der Waals surface area contributed by atoms with Gasteiger partial charge in [-0.15, -0.1) is 0 Å². The molecule has 1 atom stereocenters. The molecule has 2 aromatic heterocycles. The number of carbonyl (C=O) groups is 1. The number of rotatable bonds is 11. The average molecular weight is 548 g/mol. The molecule has 8 nitrogen and oxygen atoms in total. The number of aryl methyl sites for hydroxylation is 1. The van der Waals surface area contributed by atoms with Gasteiger partial charge in [-0.1, -0.05) is 43.1 Å². The highest BCUT2D eigenvalue weighted by Gasteiger charge is 2.25. The highest BCUT2D eigenvalue weighted by molar-refractivity contribution is 6.36. The Morgan fingerprint density at radius 3 is 2.51 bits per heavy atom. The highest BCUT2D eigenvalue weighted by atomic mass is 35.5. The van der Waals surface area contributed by atoms with Gasteiger partial charge in [0.15, 0.2) is 0 Å². The van der Waals surface area contributed by atoms with E-state index in [0.717, 1.165) is 11.1 Å². The number of nitrogens with one attached hydrogen (secondary N) is 1. The number of nitrogens with zero attached hydrogens (tertiary/aromatic N) is 4. The van der Waals surface area contributed by atoms with Gasteiger partial charge >= 0.3 is 5.97 Å². The monoisotopic (exact) mass is 546 g/mol. The second-order valence-electron chi connectivity index (χ2n) is 10.4. The maximum Gasteiger partial charge on any atom is 0.323 e. The fourth-order valence-corrected chi connectivity index (χ4v) is 4.44. The minimum Gasteiger partial charge on any atom is -0.459 e. The predicted octanol–water partition coefficient (Wildman–Crippen LogP) is 5.36. The maximum atomic E-state index is 12.6. The van der Waals surface area contributed by atoms with Crippen LogP contribution in [0.25, 0.3) is 11.3 Å². The molecule has 0 fully saturated rings. The number of esters is 1. The van der Waals surface area contributed by atoms with E-state index >= 15 is 0 Å². The predicted molar refractivity (Wildman–Crippen MR) is 149 cm³/mol. The fourth-order valence-electron chi connectivity index (χ4n) is 3.85. The van der Waals surface area contributed by atoms with Crippen molar-refractivity contribution in [1.82, 2.24) is 25.1 Å². The number of carbonyl (C=O) groups excluding carboxylic acids is 1. The summed E-state index contributed by atoms with van der Waals surface area (Å²) in [5.41, 5.74) is 8.62. The van der Waals surface area contributed by atoms with Crippen LogP contribution in [-0.4, -0.2) is 43.9 Å². The van der Waals surface area contributed by atoms with Crippen molar-refractivity contribution in [2.24, 2.45) is 5.92 Å². The SMILES string of the molecule is CC(C)C[C@H](NCCn1cc(-c2cnc(N)c(CCc3c(Cl)cccc3Cl)n2)cn1)C(=O)OC(C)(C)C. The molecular formula is C27H36Cl2N6O2. The van der Waals surface area contributed by atoms with Crippen molar-refractivity contribution in [1.29, 1.82) is 0 Å². The Morgan fingerprint density at radius 2 is 1.86 bits per heavy atom. The van der Waals surface area contributed by atoms with Gasteiger partial charge in [-0.3, -0.25) is 9.48 Å². The van der Waals surface area contributed by atoms with Gasteiger partial charge in [0.25, 0.3) is 0 Å². The first-order valence-corrected chi connectivity index (χ1v) is 13.2. The lowest BCUT2D eigenvalue weighted by atomic mass is 10.0. The Morgan fingerprint density at radius 1 is 1.16 bits per heavy atom. The van der Waals surface area contributed by atoms with E-state index in [9.17, 15) is 4.79 Å². The lowest BCUT2D eigenvalue weighted by molar-refractivity contribution is -0.158. The topological polar surface area (TPSA) is 108 Å². The van der Waals surface area contributed by atoms with Crippen molar-refractivity contribution in [2.45, 2.75) is 72.1 Å². The van der Waals surface area contributed by atoms with Crippen molar-refractivity contribution >= 4 is 35.0 Å². The van der Waals surface area contributed by atoms with Crippen LogP contribution in [-0.2, 0) is 28.9 Å². The first-order valence-electron chi connectivity index (χ1n) is 12.5. The van der Waals surface area contributed by atoms with Gasteiger partial charge < -0.3 is 15.8 Å². The van der Waals surface area contributed by atoms with Crippen LogP contribution in [0.15, 0.2) is 36.8 Å². The van der Waals surface area contributed by atoms with Crippen molar-refractivity contribution < 1.29 is 9.53 Å². The number of hydrogen-bond acceptors (Lipinski definition) is 7. The number of aromatic nitrogens is 4. The summed E-state index contributed by atoms with van der Waals surface area (Å²) in [7, 11) is 0. The van der Waals surface area contributed by atoms with Crippen LogP contribution in [0.5, 0.6) is 0 Å². The fraction of sp³-hybridized carbons (Fsp3) is 0.481. The summed E-state index contributed by atoms with van der Waals surface area (Å²) in [5.74, 6) is 0.500. The number of ether oxygens (including phenoxy) is 1. The number of nitrogens with two attached hydrogens (primary N) is 1. The lowest BCUT2D eigenvalue weighted by Crippen LogP contribution is -2.43. The van der Waals surface area contributed by atoms with E-state index in [1.165, 1.54) is 0 Å². The van der Waals surface area contributed by atoms with Gasteiger partial charge in [-0.2, -0.15) is 5.10 Å². The molecule has 0 aliphatic heterocycles. The maximum absolute atomic E-state index is 12.6. The summed E-state index contributed by atoms with van der Waals surface area (Å²) in [4.78, 5) is 21.7. The van der Waals surface area contributed by atoms with Crippen LogP contribution in [0, 0.1) is 5.92 Å². The quantitative estimate of drug-likeness (QED) is 0.311. The highest BCUT2D eigenvalue weighted by Crippen LogP contribution is 2.26. The molecule has 0 radical (unpaired) electrons. The van der Waals surface area contributed by atoms with Crippen LogP contribution in [0.1, 0.15) is 52.3 Å². The summed E-state index contributed by atoms with van der Waals surface area (Å²) in [6.45, 7) is 10.9. The Kier molecular flexibility index (Phi) is 9.93. The summed E-state index contributed by atoms with van der Waals surface area (Å²) in [6, 6.07) is 5.08. The van der Waals surface area contributed by atoms with E-state index in [0.29, 0.717) is 65.5 Å². The summed E-state index contributed by atoms with van der Waals surface area (Å²) in [5, 5.41) is 9.01. The third kappa shape index (κ3) is 8.69. The number of benzene rings is 1. The molecule has 0 unspecified atom stereocenters. The van der Waals surface area contributed by atoms with E-state index < -0.39 is 5.60 Å². The zero-order chi connectivity index (χ0) is 27.2. The van der Waals surface area contributed by atoms with E-state index in [1.54, 1.807) is 12.4 Å². The van der Waals surface area contributed by atoms with Gasteiger partial charge in [0, 0.05) is 28.4 Å². The van der Waals surface area contributed by atoms with Crippen molar-refractivity contribution in [2.75, 3.05) is 12.3 Å². The Hall–Kier alpha value is -2.68. The van der Waals surface area contributed by atoms with Crippen LogP contribution in [0.4, 0.5) is 5.82 Å². The minimum atomic E-state index is -0.524. The Balaban J connectivity index is 1.63. The number of anilines is 1. The molecule has 3 aromatic rings. The largest absolute Gasteiger partial charge is 0.459 e. The molecule has 0 saturated carbocycles. The molecule has 0 bridgehead atoms. The van der Waals surface area contributed by atoms with Gasteiger partial charge in [0.05, 0.1) is 30.3 Å². The number of hydrogen-bond donors (Lipinski definition) is 2. The molecular weight excluding hydrogens is 511 g/mol. The van der Waals surface area contributed by atoms with Crippen LogP contribution in [0.2, 0.25) is 10.0 Å². The molecule has 37 heavy (non-hydrogen) atoms. The molecule has 3 N–H and O–H groups in total. The van der Waals surface area contributed by atoms with Crippen LogP contribution >= 0.6 is 23.2 Å². The summed E-state index contributed by atoms with van der Waals surface area (Å²) < 4.78 is 7.39. The van der Waals surface area contributed by atoms with Gasteiger partial charge in [0.2, 0.25) is 0 Å². The van der Waals surface area contributed by atoms with Gasteiger partial charge in [0.1, 0.15) is 17.5 Å². The molecule has 1 aromatic carbocycles. The van der Waals surface area contributed by atoms with Crippen molar-refractivity contribution in [3.05, 3.63) is 58.1 Å². The molecule has 0 saturated heterocycles. The van der Waals surface area contributed by atoms with Crippen molar-refractivity contribution in [3.8, 4) is 11.3 Å². The van der Waals surface area contributed by atoms with E-state index in [2.05, 4.69) is 29.2 Å². The van der Waals surface area contributed by atoms with Crippen molar-refractivity contribution in [3.63, 3.8) is 0 Å². The Bertz CT molecular complexity index is 1190. The lowest BCUT2D eigenvalue weighted by Gasteiger charge is -2.25. The zero-order valence-electron chi connectivity index (χ0n) is 22.1. The molecule has 10 heteroatoms. The normalized spacial score (nSPS) is 12.6. The van der Waals surface area contributed by atoms with Crippen LogP contribution in [0.3, 0.4) is 0 Å². The smallest absolute Gasteiger partial charge is 0.323 e. The van der Waals surface area contributed by atoms with Crippen LogP contribution < -0.4 is 11.1 Å². The van der Waals surface area contributed by atoms with Gasteiger partial charge in [-0.05, 0) is 63.6 Å².